The molecule has 0 saturated heterocycles. The van der Waals surface area contributed by atoms with E-state index in [1.165, 1.54) is 13.8 Å². The molecule has 0 aromatic heterocycles. The van der Waals surface area contributed by atoms with Crippen LogP contribution in [0, 0.1) is 0 Å². The van der Waals surface area contributed by atoms with E-state index in [0.29, 0.717) is 0 Å². The van der Waals surface area contributed by atoms with Crippen LogP contribution in [0.15, 0.2) is 30.3 Å². The predicted molar refractivity (Wildman–Crippen MR) is 77.1 cm³/mol. The van der Waals surface area contributed by atoms with Crippen LogP contribution in [0.3, 0.4) is 0 Å². The average Bonchev–Trinajstić information content (AvgIpc) is 2.44. The van der Waals surface area contributed by atoms with Crippen molar-refractivity contribution in [1.82, 2.24) is 10.6 Å². The summed E-state index contributed by atoms with van der Waals surface area (Å²) in [6, 6.07) is 7.78. The number of carbonyl (C=O) groups is 3. The Morgan fingerprint density at radius 3 is 2.24 bits per heavy atom. The zero-order chi connectivity index (χ0) is 15.8. The maximum atomic E-state index is 11.8. The van der Waals surface area contributed by atoms with Crippen molar-refractivity contribution >= 4 is 17.8 Å². The quantitative estimate of drug-likeness (QED) is 0.758. The summed E-state index contributed by atoms with van der Waals surface area (Å²) in [5.41, 5.74) is 0.871. The SMILES string of the molecule is CC(=O)N[C@@H](C)C(=O)N[C@@H](C)C(=O)OCc1ccccc1. The molecule has 1 aromatic carbocycles. The van der Waals surface area contributed by atoms with E-state index < -0.39 is 24.0 Å². The molecule has 1 aromatic rings. The second-order valence-electron chi connectivity index (χ2n) is 4.75. The number of hydrogen-bond acceptors (Lipinski definition) is 4. The first-order valence-electron chi connectivity index (χ1n) is 6.68. The van der Waals surface area contributed by atoms with Crippen LogP contribution < -0.4 is 10.6 Å². The zero-order valence-corrected chi connectivity index (χ0v) is 12.4. The summed E-state index contributed by atoms with van der Waals surface area (Å²) in [5.74, 6) is -1.27. The Hall–Kier alpha value is -2.37. The number of esters is 1. The second kappa shape index (κ2) is 8.04. The van der Waals surface area contributed by atoms with Crippen molar-refractivity contribution in [2.24, 2.45) is 0 Å². The maximum absolute atomic E-state index is 11.8. The molecule has 2 N–H and O–H groups in total. The highest BCUT2D eigenvalue weighted by atomic mass is 16.5. The minimum absolute atomic E-state index is 0.154. The molecule has 6 nitrogen and oxygen atoms in total. The minimum Gasteiger partial charge on any atom is -0.459 e. The zero-order valence-electron chi connectivity index (χ0n) is 12.4. The van der Waals surface area contributed by atoms with Crippen molar-refractivity contribution in [3.8, 4) is 0 Å². The Bertz CT molecular complexity index is 502. The van der Waals surface area contributed by atoms with E-state index in [0.717, 1.165) is 5.56 Å². The summed E-state index contributed by atoms with van der Waals surface area (Å²) in [6.45, 7) is 4.55. The summed E-state index contributed by atoms with van der Waals surface area (Å²) >= 11 is 0. The van der Waals surface area contributed by atoms with Gasteiger partial charge in [-0.2, -0.15) is 0 Å². The fraction of sp³-hybridized carbons (Fsp3) is 0.400. The second-order valence-corrected chi connectivity index (χ2v) is 4.75. The third kappa shape index (κ3) is 6.07. The van der Waals surface area contributed by atoms with Gasteiger partial charge < -0.3 is 15.4 Å². The Morgan fingerprint density at radius 1 is 1.05 bits per heavy atom. The Kier molecular flexibility index (Phi) is 6.39. The fourth-order valence-corrected chi connectivity index (χ4v) is 1.62. The molecular weight excluding hydrogens is 272 g/mol. The lowest BCUT2D eigenvalue weighted by Gasteiger charge is -2.17. The largest absolute Gasteiger partial charge is 0.459 e. The number of rotatable bonds is 6. The van der Waals surface area contributed by atoms with Gasteiger partial charge in [-0.25, -0.2) is 4.79 Å². The lowest BCUT2D eigenvalue weighted by molar-refractivity contribution is -0.148. The highest BCUT2D eigenvalue weighted by Crippen LogP contribution is 2.02. The van der Waals surface area contributed by atoms with E-state index in [4.69, 9.17) is 4.74 Å². The number of nitrogens with one attached hydrogen (secondary N) is 2. The highest BCUT2D eigenvalue weighted by molar-refractivity contribution is 5.89. The molecule has 0 aliphatic heterocycles. The van der Waals surface area contributed by atoms with E-state index in [9.17, 15) is 14.4 Å². The summed E-state index contributed by atoms with van der Waals surface area (Å²) in [5, 5.41) is 4.93. The van der Waals surface area contributed by atoms with Crippen molar-refractivity contribution in [1.29, 1.82) is 0 Å². The van der Waals surface area contributed by atoms with Gasteiger partial charge in [0, 0.05) is 6.92 Å². The van der Waals surface area contributed by atoms with Crippen molar-refractivity contribution in [3.63, 3.8) is 0 Å². The van der Waals surface area contributed by atoms with Crippen molar-refractivity contribution < 1.29 is 19.1 Å². The van der Waals surface area contributed by atoms with Crippen LogP contribution >= 0.6 is 0 Å². The number of amides is 2. The van der Waals surface area contributed by atoms with Gasteiger partial charge in [-0.3, -0.25) is 9.59 Å². The first-order valence-corrected chi connectivity index (χ1v) is 6.68. The molecule has 2 amide bonds. The fourth-order valence-electron chi connectivity index (χ4n) is 1.62. The van der Waals surface area contributed by atoms with E-state index in [2.05, 4.69) is 10.6 Å². The van der Waals surface area contributed by atoms with E-state index in [1.807, 2.05) is 30.3 Å². The molecule has 6 heteroatoms. The number of ether oxygens (including phenoxy) is 1. The van der Waals surface area contributed by atoms with Gasteiger partial charge in [0.1, 0.15) is 18.7 Å². The summed E-state index contributed by atoms with van der Waals surface area (Å²) in [4.78, 5) is 34.4. The summed E-state index contributed by atoms with van der Waals surface area (Å²) in [6.07, 6.45) is 0. The third-order valence-corrected chi connectivity index (χ3v) is 2.75. The van der Waals surface area contributed by atoms with Gasteiger partial charge in [0.05, 0.1) is 0 Å². The van der Waals surface area contributed by atoms with Gasteiger partial charge in [-0.05, 0) is 19.4 Å². The Balaban J connectivity index is 2.40. The molecular formula is C15H20N2O4. The van der Waals surface area contributed by atoms with Gasteiger partial charge in [-0.15, -0.1) is 0 Å². The number of carbonyl (C=O) groups excluding carboxylic acids is 3. The summed E-state index contributed by atoms with van der Waals surface area (Å²) < 4.78 is 5.11. The first-order chi connectivity index (χ1) is 9.90. The normalized spacial score (nSPS) is 12.9. The van der Waals surface area contributed by atoms with Crippen molar-refractivity contribution in [2.45, 2.75) is 39.5 Å². The minimum atomic E-state index is -0.780. The Labute approximate surface area is 123 Å². The third-order valence-electron chi connectivity index (χ3n) is 2.75. The molecule has 114 valence electrons. The van der Waals surface area contributed by atoms with E-state index in [-0.39, 0.29) is 12.5 Å². The van der Waals surface area contributed by atoms with Crippen LogP contribution in [0.4, 0.5) is 0 Å². The molecule has 0 heterocycles. The molecule has 0 saturated carbocycles. The van der Waals surface area contributed by atoms with Crippen molar-refractivity contribution in [3.05, 3.63) is 35.9 Å². The highest BCUT2D eigenvalue weighted by Gasteiger charge is 2.21. The lowest BCUT2D eigenvalue weighted by atomic mass is 10.2. The topological polar surface area (TPSA) is 84.5 Å². The van der Waals surface area contributed by atoms with Gasteiger partial charge in [0.2, 0.25) is 11.8 Å². The lowest BCUT2D eigenvalue weighted by Crippen LogP contribution is -2.49. The molecule has 2 atom stereocenters. The molecule has 0 radical (unpaired) electrons. The van der Waals surface area contributed by atoms with Crippen LogP contribution in [0.2, 0.25) is 0 Å². The number of benzene rings is 1. The van der Waals surface area contributed by atoms with Crippen LogP contribution in [-0.2, 0) is 25.7 Å². The van der Waals surface area contributed by atoms with Crippen LogP contribution in [-0.4, -0.2) is 29.9 Å². The first kappa shape index (κ1) is 16.7. The molecule has 0 spiro atoms. The van der Waals surface area contributed by atoms with Crippen LogP contribution in [0.5, 0.6) is 0 Å². The standard InChI is InChI=1S/C15H20N2O4/c1-10(16-12(3)18)14(19)17-11(2)15(20)21-9-13-7-5-4-6-8-13/h4-8,10-11H,9H2,1-3H3,(H,16,18)(H,17,19)/t10-,11-/m0/s1. The molecule has 0 aliphatic rings. The monoisotopic (exact) mass is 292 g/mol. The predicted octanol–water partition coefficient (Wildman–Crippen LogP) is 0.759. The molecule has 0 bridgehead atoms. The molecule has 1 rings (SSSR count). The number of hydrogen-bond donors (Lipinski definition) is 2. The maximum Gasteiger partial charge on any atom is 0.328 e. The van der Waals surface area contributed by atoms with Gasteiger partial charge in [-0.1, -0.05) is 30.3 Å². The molecule has 21 heavy (non-hydrogen) atoms. The Morgan fingerprint density at radius 2 is 1.67 bits per heavy atom. The van der Waals surface area contributed by atoms with Crippen LogP contribution in [0.25, 0.3) is 0 Å². The van der Waals surface area contributed by atoms with E-state index in [1.54, 1.807) is 6.92 Å². The van der Waals surface area contributed by atoms with Gasteiger partial charge in [0.25, 0.3) is 0 Å². The smallest absolute Gasteiger partial charge is 0.328 e. The molecule has 0 aliphatic carbocycles. The molecule has 0 unspecified atom stereocenters. The van der Waals surface area contributed by atoms with Gasteiger partial charge >= 0.3 is 5.97 Å². The summed E-state index contributed by atoms with van der Waals surface area (Å²) in [7, 11) is 0. The average molecular weight is 292 g/mol. The van der Waals surface area contributed by atoms with Crippen molar-refractivity contribution in [2.75, 3.05) is 0 Å². The molecule has 0 fully saturated rings. The van der Waals surface area contributed by atoms with Crippen LogP contribution in [0.1, 0.15) is 26.3 Å². The van der Waals surface area contributed by atoms with Gasteiger partial charge in [0.15, 0.2) is 0 Å². The van der Waals surface area contributed by atoms with E-state index >= 15 is 0 Å².